The molecule has 3 heterocycles. The molecule has 0 bridgehead atoms. The molecule has 0 aliphatic carbocycles. The van der Waals surface area contributed by atoms with Crippen LogP contribution in [0.25, 0.3) is 10.6 Å². The normalized spacial score (nSPS) is 18.2. The number of aromatic nitrogens is 1. The van der Waals surface area contributed by atoms with Gasteiger partial charge in [0.25, 0.3) is 5.91 Å². The number of pyridine rings is 1. The summed E-state index contributed by atoms with van der Waals surface area (Å²) in [4.78, 5) is 20.4. The summed E-state index contributed by atoms with van der Waals surface area (Å²) in [5, 5.41) is 5.08. The van der Waals surface area contributed by atoms with Gasteiger partial charge in [-0.05, 0) is 55.8 Å². The van der Waals surface area contributed by atoms with Crippen molar-refractivity contribution in [3.8, 4) is 10.6 Å². The lowest BCUT2D eigenvalue weighted by atomic mass is 10.00. The molecule has 134 valence electrons. The van der Waals surface area contributed by atoms with Gasteiger partial charge in [0.15, 0.2) is 0 Å². The Kier molecular flexibility index (Phi) is 6.59. The number of rotatable bonds is 7. The lowest BCUT2D eigenvalue weighted by Gasteiger charge is -2.35. The van der Waals surface area contributed by atoms with Crippen LogP contribution in [0.3, 0.4) is 0 Å². The fourth-order valence-corrected chi connectivity index (χ4v) is 4.23. The van der Waals surface area contributed by atoms with E-state index in [4.69, 9.17) is 0 Å². The molecule has 1 saturated heterocycles. The van der Waals surface area contributed by atoms with Crippen molar-refractivity contribution in [2.24, 2.45) is 0 Å². The molecule has 1 amide bonds. The molecule has 1 N–H and O–H groups in total. The molecule has 4 nitrogen and oxygen atoms in total. The zero-order chi connectivity index (χ0) is 17.5. The van der Waals surface area contributed by atoms with E-state index in [9.17, 15) is 4.79 Å². The zero-order valence-electron chi connectivity index (χ0n) is 14.9. The van der Waals surface area contributed by atoms with E-state index >= 15 is 0 Å². The van der Waals surface area contributed by atoms with Crippen molar-refractivity contribution >= 4 is 17.2 Å². The predicted octanol–water partition coefficient (Wildman–Crippen LogP) is 4.19. The van der Waals surface area contributed by atoms with Gasteiger partial charge in [-0.2, -0.15) is 0 Å². The first-order valence-corrected chi connectivity index (χ1v) is 10.2. The third-order valence-corrected chi connectivity index (χ3v) is 5.82. The van der Waals surface area contributed by atoms with Gasteiger partial charge in [0.2, 0.25) is 0 Å². The average molecular weight is 358 g/mol. The van der Waals surface area contributed by atoms with Gasteiger partial charge in [0.1, 0.15) is 0 Å². The van der Waals surface area contributed by atoms with Gasteiger partial charge in [0, 0.05) is 30.9 Å². The fourth-order valence-electron chi connectivity index (χ4n) is 3.53. The molecule has 1 aliphatic rings. The van der Waals surface area contributed by atoms with Crippen LogP contribution in [-0.2, 0) is 0 Å². The highest BCUT2D eigenvalue weighted by Crippen LogP contribution is 2.23. The number of amides is 1. The number of likely N-dealkylation sites (tertiary alicyclic amines) is 1. The van der Waals surface area contributed by atoms with Crippen LogP contribution in [0.4, 0.5) is 0 Å². The molecule has 5 heteroatoms. The highest BCUT2D eigenvalue weighted by atomic mass is 32.1. The molecule has 2 aromatic heterocycles. The summed E-state index contributed by atoms with van der Waals surface area (Å²) in [6.07, 6.45) is 7.95. The molecule has 1 atom stereocenters. The van der Waals surface area contributed by atoms with Gasteiger partial charge >= 0.3 is 0 Å². The Balaban J connectivity index is 1.47. The van der Waals surface area contributed by atoms with E-state index in [0.29, 0.717) is 5.56 Å². The summed E-state index contributed by atoms with van der Waals surface area (Å²) in [5.41, 5.74) is 1.55. The van der Waals surface area contributed by atoms with Crippen LogP contribution in [0.5, 0.6) is 0 Å². The lowest BCUT2D eigenvalue weighted by Crippen LogP contribution is -2.40. The van der Waals surface area contributed by atoms with Crippen molar-refractivity contribution in [1.29, 1.82) is 0 Å². The van der Waals surface area contributed by atoms with Crippen LogP contribution in [0.15, 0.2) is 35.8 Å². The summed E-state index contributed by atoms with van der Waals surface area (Å²) in [5.74, 6) is -0.00843. The third kappa shape index (κ3) is 4.89. The quantitative estimate of drug-likeness (QED) is 0.756. The van der Waals surface area contributed by atoms with Crippen molar-refractivity contribution in [2.75, 3.05) is 19.6 Å². The summed E-state index contributed by atoms with van der Waals surface area (Å²) in [6, 6.07) is 8.41. The molecule has 0 aromatic carbocycles. The molecule has 2 aromatic rings. The van der Waals surface area contributed by atoms with Crippen molar-refractivity contribution in [2.45, 2.75) is 45.1 Å². The van der Waals surface area contributed by atoms with Gasteiger partial charge in [-0.25, -0.2) is 0 Å². The molecular formula is C20H27N3OS. The molecule has 0 radical (unpaired) electrons. The highest BCUT2D eigenvalue weighted by molar-refractivity contribution is 7.13. The Hall–Kier alpha value is -1.72. The van der Waals surface area contributed by atoms with E-state index in [-0.39, 0.29) is 5.91 Å². The van der Waals surface area contributed by atoms with E-state index in [2.05, 4.69) is 22.1 Å². The second-order valence-corrected chi connectivity index (χ2v) is 7.56. The van der Waals surface area contributed by atoms with E-state index in [1.54, 1.807) is 23.6 Å². The zero-order valence-corrected chi connectivity index (χ0v) is 15.7. The van der Waals surface area contributed by atoms with E-state index in [1.165, 1.54) is 32.2 Å². The maximum Gasteiger partial charge on any atom is 0.251 e. The van der Waals surface area contributed by atoms with Crippen LogP contribution in [0, 0.1) is 0 Å². The number of piperidine rings is 1. The number of hydrogen-bond donors (Lipinski definition) is 1. The molecule has 0 spiro atoms. The van der Waals surface area contributed by atoms with Crippen molar-refractivity contribution in [1.82, 2.24) is 15.2 Å². The van der Waals surface area contributed by atoms with Crippen molar-refractivity contribution in [3.05, 3.63) is 41.4 Å². The highest BCUT2D eigenvalue weighted by Gasteiger charge is 2.19. The van der Waals surface area contributed by atoms with E-state index in [0.717, 1.165) is 36.1 Å². The van der Waals surface area contributed by atoms with Crippen LogP contribution in [0.2, 0.25) is 0 Å². The monoisotopic (exact) mass is 357 g/mol. The summed E-state index contributed by atoms with van der Waals surface area (Å²) < 4.78 is 0. The van der Waals surface area contributed by atoms with Crippen LogP contribution >= 0.6 is 11.3 Å². The first kappa shape index (κ1) is 18.1. The van der Waals surface area contributed by atoms with E-state index in [1.807, 2.05) is 23.6 Å². The van der Waals surface area contributed by atoms with Gasteiger partial charge in [-0.1, -0.05) is 19.4 Å². The number of nitrogens with zero attached hydrogens (tertiary/aromatic N) is 2. The summed E-state index contributed by atoms with van der Waals surface area (Å²) >= 11 is 1.64. The first-order valence-electron chi connectivity index (χ1n) is 9.30. The van der Waals surface area contributed by atoms with Crippen LogP contribution < -0.4 is 5.32 Å². The molecule has 1 unspecified atom stereocenters. The van der Waals surface area contributed by atoms with Crippen LogP contribution in [0.1, 0.15) is 49.4 Å². The Morgan fingerprint density at radius 3 is 3.12 bits per heavy atom. The number of carbonyl (C=O) groups excluding carboxylic acids is 1. The number of carbonyl (C=O) groups is 1. The fraction of sp³-hybridized carbons (Fsp3) is 0.500. The first-order chi connectivity index (χ1) is 12.3. The van der Waals surface area contributed by atoms with Gasteiger partial charge in [-0.3, -0.25) is 9.78 Å². The molecule has 1 fully saturated rings. The molecule has 1 aliphatic heterocycles. The Morgan fingerprint density at radius 1 is 1.40 bits per heavy atom. The molecular weight excluding hydrogens is 330 g/mol. The number of thiophene rings is 1. The summed E-state index contributed by atoms with van der Waals surface area (Å²) in [6.45, 7) is 5.29. The average Bonchev–Trinajstić information content (AvgIpc) is 3.20. The number of nitrogens with one attached hydrogen (secondary N) is 1. The second-order valence-electron chi connectivity index (χ2n) is 6.61. The van der Waals surface area contributed by atoms with E-state index < -0.39 is 0 Å². The summed E-state index contributed by atoms with van der Waals surface area (Å²) in [7, 11) is 0. The van der Waals surface area contributed by atoms with Crippen molar-refractivity contribution in [3.63, 3.8) is 0 Å². The maximum atomic E-state index is 12.4. The largest absolute Gasteiger partial charge is 0.352 e. The van der Waals surface area contributed by atoms with Gasteiger partial charge in [0.05, 0.1) is 10.6 Å². The minimum atomic E-state index is -0.00843. The van der Waals surface area contributed by atoms with Gasteiger partial charge in [-0.15, -0.1) is 11.3 Å². The van der Waals surface area contributed by atoms with Gasteiger partial charge < -0.3 is 10.2 Å². The second kappa shape index (κ2) is 9.11. The standard InChI is InChI=1S/C20H27N3OS/c1-2-17-7-3-4-12-23(17)13-6-10-22-20(24)16-9-11-21-18(15-16)19-8-5-14-25-19/h5,8-9,11,14-15,17H,2-4,6-7,10,12-13H2,1H3,(H,22,24). The third-order valence-electron chi connectivity index (χ3n) is 4.92. The van der Waals surface area contributed by atoms with Crippen LogP contribution in [-0.4, -0.2) is 41.5 Å². The lowest BCUT2D eigenvalue weighted by molar-refractivity contribution is 0.0947. The molecule has 25 heavy (non-hydrogen) atoms. The number of hydrogen-bond acceptors (Lipinski definition) is 4. The molecule has 3 rings (SSSR count). The Bertz CT molecular complexity index is 671. The topological polar surface area (TPSA) is 45.2 Å². The minimum absolute atomic E-state index is 0.00843. The Morgan fingerprint density at radius 2 is 2.32 bits per heavy atom. The Labute approximate surface area is 154 Å². The molecule has 0 saturated carbocycles. The SMILES string of the molecule is CCC1CCCCN1CCCNC(=O)c1ccnc(-c2cccs2)c1. The smallest absolute Gasteiger partial charge is 0.251 e. The maximum absolute atomic E-state index is 12.4. The predicted molar refractivity (Wildman–Crippen MR) is 104 cm³/mol. The van der Waals surface area contributed by atoms with Crippen molar-refractivity contribution < 1.29 is 4.79 Å². The minimum Gasteiger partial charge on any atom is -0.352 e.